The van der Waals surface area contributed by atoms with Gasteiger partial charge < -0.3 is 5.11 Å². The van der Waals surface area contributed by atoms with Gasteiger partial charge in [0, 0.05) is 0 Å². The number of rotatable bonds is 4. The summed E-state index contributed by atoms with van der Waals surface area (Å²) in [6, 6.07) is 12.5. The number of aromatic nitrogens is 2. The molecule has 0 spiro atoms. The zero-order valence-electron chi connectivity index (χ0n) is 16.9. The summed E-state index contributed by atoms with van der Waals surface area (Å²) < 4.78 is 28.4. The minimum Gasteiger partial charge on any atom is -0.388 e. The molecule has 3 atom stereocenters. The van der Waals surface area contributed by atoms with Crippen molar-refractivity contribution >= 4 is 6.08 Å². The maximum absolute atomic E-state index is 13.3. The Labute approximate surface area is 174 Å². The van der Waals surface area contributed by atoms with E-state index in [-0.39, 0.29) is 17.0 Å². The minimum atomic E-state index is -0.602. The van der Waals surface area contributed by atoms with Crippen molar-refractivity contribution in [1.29, 1.82) is 0 Å². The molecule has 0 amide bonds. The normalized spacial score (nSPS) is 23.6. The molecule has 2 aromatic carbocycles. The van der Waals surface area contributed by atoms with E-state index in [9.17, 15) is 13.9 Å². The van der Waals surface area contributed by atoms with Gasteiger partial charge in [0.05, 0.1) is 23.7 Å². The number of halogens is 2. The maximum atomic E-state index is 13.3. The lowest BCUT2D eigenvalue weighted by atomic mass is 9.68. The van der Waals surface area contributed by atoms with Crippen molar-refractivity contribution in [1.82, 2.24) is 9.78 Å². The van der Waals surface area contributed by atoms with Gasteiger partial charge in [-0.3, -0.25) is 0 Å². The van der Waals surface area contributed by atoms with Crippen LogP contribution in [0.3, 0.4) is 0 Å². The Morgan fingerprint density at radius 1 is 1.10 bits per heavy atom. The fourth-order valence-electron chi connectivity index (χ4n) is 5.19. The Balaban J connectivity index is 1.41. The van der Waals surface area contributed by atoms with Crippen LogP contribution in [0.1, 0.15) is 49.1 Å². The highest BCUT2D eigenvalue weighted by Crippen LogP contribution is 2.55. The van der Waals surface area contributed by atoms with Gasteiger partial charge in [0.15, 0.2) is 0 Å². The molecule has 1 heterocycles. The molecule has 1 saturated carbocycles. The summed E-state index contributed by atoms with van der Waals surface area (Å²) in [5.74, 6) is -0.211. The van der Waals surface area contributed by atoms with Crippen LogP contribution >= 0.6 is 0 Å². The van der Waals surface area contributed by atoms with Crippen LogP contribution in [-0.2, 0) is 6.42 Å². The third-order valence-electron chi connectivity index (χ3n) is 6.99. The van der Waals surface area contributed by atoms with E-state index < -0.39 is 6.10 Å². The fourth-order valence-corrected chi connectivity index (χ4v) is 5.19. The van der Waals surface area contributed by atoms with E-state index in [2.05, 4.69) is 18.1 Å². The van der Waals surface area contributed by atoms with Crippen LogP contribution in [-0.4, -0.2) is 14.9 Å². The smallest absolute Gasteiger partial charge is 0.123 e. The Kier molecular flexibility index (Phi) is 4.58. The Hall–Kier alpha value is -2.79. The van der Waals surface area contributed by atoms with Gasteiger partial charge in [-0.2, -0.15) is 5.10 Å². The van der Waals surface area contributed by atoms with Gasteiger partial charge >= 0.3 is 0 Å². The SMILES string of the molecule is C[C@]12Cc3cnn(-c4ccc(F)cc4)c3C=C1CC[C@@H]2C[C@@H](O)c1ccc(F)cc1. The number of fused-ring (bicyclic) bond motifs is 2. The number of aliphatic hydroxyl groups excluding tert-OH is 1. The minimum absolute atomic E-state index is 0.0231. The second kappa shape index (κ2) is 7.17. The molecule has 154 valence electrons. The molecule has 3 aromatic rings. The van der Waals surface area contributed by atoms with Gasteiger partial charge in [0.1, 0.15) is 11.6 Å². The summed E-state index contributed by atoms with van der Waals surface area (Å²) in [4.78, 5) is 0. The molecule has 0 radical (unpaired) electrons. The standard InChI is InChI=1S/C25H24F2N2O/c1-25-14-17-15-28-29(22-10-8-21(27)9-11-22)23(17)12-18(25)4-5-19(25)13-24(30)16-2-6-20(26)7-3-16/h2-3,6-12,15,19,24,30H,4-5,13-14H2,1H3/t19-,24-,25+/m1/s1. The number of benzene rings is 2. The molecule has 0 saturated heterocycles. The second-order valence-corrected chi connectivity index (χ2v) is 8.75. The number of nitrogens with zero attached hydrogens (tertiary/aromatic N) is 2. The largest absolute Gasteiger partial charge is 0.388 e. The van der Waals surface area contributed by atoms with Crippen LogP contribution in [0.15, 0.2) is 60.3 Å². The van der Waals surface area contributed by atoms with Gasteiger partial charge in [0.25, 0.3) is 0 Å². The van der Waals surface area contributed by atoms with Crippen molar-refractivity contribution in [2.24, 2.45) is 11.3 Å². The average molecular weight is 406 g/mol. The van der Waals surface area contributed by atoms with Crippen LogP contribution in [0.25, 0.3) is 11.8 Å². The molecule has 5 rings (SSSR count). The molecule has 0 unspecified atom stereocenters. The Morgan fingerprint density at radius 2 is 1.77 bits per heavy atom. The van der Waals surface area contributed by atoms with Gasteiger partial charge in [-0.15, -0.1) is 0 Å². The highest BCUT2D eigenvalue weighted by Gasteiger charge is 2.46. The molecule has 5 heteroatoms. The Morgan fingerprint density at radius 3 is 2.47 bits per heavy atom. The second-order valence-electron chi connectivity index (χ2n) is 8.75. The van der Waals surface area contributed by atoms with E-state index in [1.165, 1.54) is 35.4 Å². The summed E-state index contributed by atoms with van der Waals surface area (Å²) in [5.41, 5.74) is 5.21. The van der Waals surface area contributed by atoms with E-state index in [1.807, 2.05) is 10.9 Å². The zero-order valence-corrected chi connectivity index (χ0v) is 16.9. The van der Waals surface area contributed by atoms with Crippen molar-refractivity contribution in [2.45, 2.75) is 38.7 Å². The molecule has 0 bridgehead atoms. The summed E-state index contributed by atoms with van der Waals surface area (Å²) >= 11 is 0. The molecular weight excluding hydrogens is 382 g/mol. The molecule has 3 nitrogen and oxygen atoms in total. The zero-order chi connectivity index (χ0) is 20.9. The van der Waals surface area contributed by atoms with Gasteiger partial charge in [-0.25, -0.2) is 13.5 Å². The third-order valence-corrected chi connectivity index (χ3v) is 6.99. The van der Waals surface area contributed by atoms with Crippen molar-refractivity contribution in [2.75, 3.05) is 0 Å². The van der Waals surface area contributed by atoms with Crippen LogP contribution in [0.2, 0.25) is 0 Å². The summed E-state index contributed by atoms with van der Waals surface area (Å²) in [6.45, 7) is 2.28. The van der Waals surface area contributed by atoms with E-state index in [4.69, 9.17) is 0 Å². The first-order chi connectivity index (χ1) is 14.4. The van der Waals surface area contributed by atoms with E-state index in [0.29, 0.717) is 12.3 Å². The number of hydrogen-bond acceptors (Lipinski definition) is 2. The molecular formula is C25H24F2N2O. The Bertz CT molecular complexity index is 1100. The van der Waals surface area contributed by atoms with E-state index >= 15 is 0 Å². The summed E-state index contributed by atoms with van der Waals surface area (Å²) in [6.07, 6.45) is 7.08. The predicted molar refractivity (Wildman–Crippen MR) is 112 cm³/mol. The lowest BCUT2D eigenvalue weighted by Gasteiger charge is -2.37. The lowest BCUT2D eigenvalue weighted by Crippen LogP contribution is -2.30. The van der Waals surface area contributed by atoms with Crippen LogP contribution in [0.4, 0.5) is 8.78 Å². The highest BCUT2D eigenvalue weighted by molar-refractivity contribution is 5.61. The average Bonchev–Trinajstić information content (AvgIpc) is 3.27. The number of aliphatic hydroxyl groups is 1. The molecule has 1 aromatic heterocycles. The van der Waals surface area contributed by atoms with Crippen molar-refractivity contribution in [3.05, 3.63) is 88.8 Å². The topological polar surface area (TPSA) is 38.0 Å². The molecule has 0 aliphatic heterocycles. The third kappa shape index (κ3) is 3.18. The fraction of sp³-hybridized carbons (Fsp3) is 0.320. The van der Waals surface area contributed by atoms with Gasteiger partial charge in [-0.1, -0.05) is 24.6 Å². The molecule has 2 aliphatic rings. The van der Waals surface area contributed by atoms with Gasteiger partial charge in [0.2, 0.25) is 0 Å². The lowest BCUT2D eigenvalue weighted by molar-refractivity contribution is 0.112. The number of allylic oxidation sites excluding steroid dienone is 1. The van der Waals surface area contributed by atoms with Crippen LogP contribution < -0.4 is 0 Å². The first-order valence-electron chi connectivity index (χ1n) is 10.4. The first kappa shape index (κ1) is 19.2. The molecule has 2 aliphatic carbocycles. The highest BCUT2D eigenvalue weighted by atomic mass is 19.1. The molecule has 1 fully saturated rings. The van der Waals surface area contributed by atoms with Crippen molar-refractivity contribution in [3.63, 3.8) is 0 Å². The van der Waals surface area contributed by atoms with Crippen LogP contribution in [0.5, 0.6) is 0 Å². The predicted octanol–water partition coefficient (Wildman–Crippen LogP) is 5.63. The summed E-state index contributed by atoms with van der Waals surface area (Å²) in [5, 5.41) is 15.3. The molecule has 1 N–H and O–H groups in total. The maximum Gasteiger partial charge on any atom is 0.123 e. The van der Waals surface area contributed by atoms with E-state index in [1.54, 1.807) is 24.3 Å². The van der Waals surface area contributed by atoms with Gasteiger partial charge in [-0.05, 0) is 90.6 Å². The first-order valence-corrected chi connectivity index (χ1v) is 10.4. The quantitative estimate of drug-likeness (QED) is 0.610. The molecule has 30 heavy (non-hydrogen) atoms. The van der Waals surface area contributed by atoms with Crippen molar-refractivity contribution in [3.8, 4) is 5.69 Å². The van der Waals surface area contributed by atoms with Crippen molar-refractivity contribution < 1.29 is 13.9 Å². The van der Waals surface area contributed by atoms with E-state index in [0.717, 1.165) is 36.2 Å². The summed E-state index contributed by atoms with van der Waals surface area (Å²) in [7, 11) is 0. The monoisotopic (exact) mass is 406 g/mol. The van der Waals surface area contributed by atoms with Crippen LogP contribution in [0, 0.1) is 23.0 Å². The number of hydrogen-bond donors (Lipinski definition) is 1.